The largest absolute Gasteiger partial charge is 0.345 e. The molecule has 6 nitrogen and oxygen atoms in total. The van der Waals surface area contributed by atoms with Gasteiger partial charge in [-0.25, -0.2) is 0 Å². The van der Waals surface area contributed by atoms with Gasteiger partial charge in [-0.15, -0.1) is 0 Å². The van der Waals surface area contributed by atoms with Crippen LogP contribution >= 0.6 is 43.5 Å². The Morgan fingerprint density at radius 2 is 2.32 bits per heavy atom. The van der Waals surface area contributed by atoms with Crippen molar-refractivity contribution in [2.24, 2.45) is 0 Å². The van der Waals surface area contributed by atoms with Crippen LogP contribution in [0.25, 0.3) is 0 Å². The average molecular weight is 411 g/mol. The fourth-order valence-electron chi connectivity index (χ4n) is 1.54. The van der Waals surface area contributed by atoms with Gasteiger partial charge in [0.25, 0.3) is 5.91 Å². The van der Waals surface area contributed by atoms with Crippen LogP contribution in [0.3, 0.4) is 0 Å². The van der Waals surface area contributed by atoms with Gasteiger partial charge in [-0.3, -0.25) is 14.6 Å². The first-order chi connectivity index (χ1) is 9.04. The molecule has 0 radical (unpaired) electrons. The number of H-pyrrole nitrogens is 1. The lowest BCUT2D eigenvalue weighted by Gasteiger charge is -2.06. The Morgan fingerprint density at radius 3 is 2.89 bits per heavy atom. The molecule has 0 saturated carbocycles. The molecule has 2 rings (SSSR count). The molecule has 0 fully saturated rings. The summed E-state index contributed by atoms with van der Waals surface area (Å²) in [5.74, 6) is -0.297. The molecule has 0 aromatic carbocycles. The number of aromatic amines is 1. The summed E-state index contributed by atoms with van der Waals surface area (Å²) in [6, 6.07) is 0. The molecule has 102 valence electrons. The number of rotatable bonds is 4. The number of hydrogen-bond donors (Lipinski definition) is 2. The van der Waals surface area contributed by atoms with Crippen molar-refractivity contribution in [3.05, 3.63) is 31.7 Å². The van der Waals surface area contributed by atoms with Gasteiger partial charge in [0.15, 0.2) is 5.69 Å². The zero-order valence-electron chi connectivity index (χ0n) is 9.88. The van der Waals surface area contributed by atoms with Crippen LogP contribution in [0.5, 0.6) is 0 Å². The zero-order valence-corrected chi connectivity index (χ0v) is 13.8. The molecule has 0 atom stereocenters. The van der Waals surface area contributed by atoms with Gasteiger partial charge in [-0.05, 0) is 38.8 Å². The van der Waals surface area contributed by atoms with Crippen LogP contribution in [-0.4, -0.2) is 25.9 Å². The van der Waals surface area contributed by atoms with Crippen molar-refractivity contribution in [1.29, 1.82) is 0 Å². The van der Waals surface area contributed by atoms with Crippen molar-refractivity contribution < 1.29 is 4.79 Å². The van der Waals surface area contributed by atoms with Crippen molar-refractivity contribution >= 4 is 49.4 Å². The molecule has 0 spiro atoms. The number of nitrogens with zero attached hydrogens (tertiary/aromatic N) is 3. The van der Waals surface area contributed by atoms with Crippen molar-refractivity contribution in [3.63, 3.8) is 0 Å². The van der Waals surface area contributed by atoms with Gasteiger partial charge in [-0.1, -0.05) is 11.6 Å². The van der Waals surface area contributed by atoms with Crippen LogP contribution in [0.1, 0.15) is 23.1 Å². The second-order valence-electron chi connectivity index (χ2n) is 3.64. The van der Waals surface area contributed by atoms with E-state index < -0.39 is 0 Å². The third kappa shape index (κ3) is 3.01. The average Bonchev–Trinajstić information content (AvgIpc) is 2.91. The number of hydrogen-bond acceptors (Lipinski definition) is 3. The second-order valence-corrected chi connectivity index (χ2v) is 5.63. The molecule has 2 aromatic rings. The molecule has 19 heavy (non-hydrogen) atoms. The minimum absolute atomic E-state index is 0.283. The maximum absolute atomic E-state index is 12.0. The van der Waals surface area contributed by atoms with Crippen LogP contribution in [0.4, 0.5) is 0 Å². The van der Waals surface area contributed by atoms with E-state index in [0.717, 1.165) is 5.69 Å². The van der Waals surface area contributed by atoms with E-state index in [9.17, 15) is 4.79 Å². The molecule has 0 saturated heterocycles. The highest BCUT2D eigenvalue weighted by Gasteiger charge is 2.17. The molecule has 9 heteroatoms. The van der Waals surface area contributed by atoms with E-state index in [0.29, 0.717) is 27.2 Å². The number of halogens is 3. The maximum Gasteiger partial charge on any atom is 0.273 e. The van der Waals surface area contributed by atoms with E-state index in [1.165, 1.54) is 0 Å². The number of carbonyl (C=O) groups excluding carboxylic acids is 1. The summed E-state index contributed by atoms with van der Waals surface area (Å²) >= 11 is 12.5. The van der Waals surface area contributed by atoms with Crippen LogP contribution in [-0.2, 0) is 13.1 Å². The van der Waals surface area contributed by atoms with Gasteiger partial charge in [0.1, 0.15) is 4.60 Å². The smallest absolute Gasteiger partial charge is 0.273 e. The Bertz CT molecular complexity index is 609. The van der Waals surface area contributed by atoms with E-state index in [4.69, 9.17) is 11.6 Å². The molecule has 2 aromatic heterocycles. The molecule has 2 N–H and O–H groups in total. The number of aryl methyl sites for hydroxylation is 1. The van der Waals surface area contributed by atoms with Gasteiger partial charge in [0.2, 0.25) is 0 Å². The molecule has 0 aliphatic heterocycles. The SMILES string of the molecule is CCn1ncc(Cl)c1CNC(=O)c1n[nH]c(Br)c1Br. The molecule has 2 heterocycles. The maximum atomic E-state index is 12.0. The third-order valence-electron chi connectivity index (χ3n) is 2.50. The van der Waals surface area contributed by atoms with Gasteiger partial charge >= 0.3 is 0 Å². The summed E-state index contributed by atoms with van der Waals surface area (Å²) in [7, 11) is 0. The van der Waals surface area contributed by atoms with Crippen LogP contribution in [0, 0.1) is 0 Å². The normalized spacial score (nSPS) is 10.7. The molecule has 0 bridgehead atoms. The number of amides is 1. The van der Waals surface area contributed by atoms with Crippen molar-refractivity contribution in [1.82, 2.24) is 25.3 Å². The fraction of sp³-hybridized carbons (Fsp3) is 0.300. The Kier molecular flexibility index (Phi) is 4.64. The van der Waals surface area contributed by atoms with Crippen LogP contribution < -0.4 is 5.32 Å². The lowest BCUT2D eigenvalue weighted by atomic mass is 10.3. The monoisotopic (exact) mass is 409 g/mol. The fourth-order valence-corrected chi connectivity index (χ4v) is 2.38. The van der Waals surface area contributed by atoms with Crippen molar-refractivity contribution in [3.8, 4) is 0 Å². The van der Waals surface area contributed by atoms with Crippen molar-refractivity contribution in [2.75, 3.05) is 0 Å². The summed E-state index contributed by atoms with van der Waals surface area (Å²) in [6.45, 7) is 2.94. The van der Waals surface area contributed by atoms with E-state index in [-0.39, 0.29) is 11.6 Å². The van der Waals surface area contributed by atoms with E-state index in [1.807, 2.05) is 6.92 Å². The van der Waals surface area contributed by atoms with Gasteiger partial charge in [0, 0.05) is 6.54 Å². The first kappa shape index (κ1) is 14.5. The summed E-state index contributed by atoms with van der Waals surface area (Å²) in [5.41, 5.74) is 1.05. The Hall–Kier alpha value is -0.860. The van der Waals surface area contributed by atoms with Crippen LogP contribution in [0.2, 0.25) is 5.02 Å². The highest BCUT2D eigenvalue weighted by atomic mass is 79.9. The molecule has 0 aliphatic rings. The lowest BCUT2D eigenvalue weighted by Crippen LogP contribution is -2.25. The van der Waals surface area contributed by atoms with Gasteiger partial charge in [0.05, 0.1) is 27.9 Å². The highest BCUT2D eigenvalue weighted by Crippen LogP contribution is 2.23. The van der Waals surface area contributed by atoms with Gasteiger partial charge in [-0.2, -0.15) is 10.2 Å². The zero-order chi connectivity index (χ0) is 14.0. The summed E-state index contributed by atoms with van der Waals surface area (Å²) in [4.78, 5) is 12.0. The summed E-state index contributed by atoms with van der Waals surface area (Å²) in [6.07, 6.45) is 1.56. The standard InChI is InChI=1S/C10H10Br2ClN5O/c1-2-18-6(5(13)3-15-18)4-14-10(19)8-7(11)9(12)17-16-8/h3H,2,4H2,1H3,(H,14,19)(H,16,17). The third-order valence-corrected chi connectivity index (χ3v) is 4.69. The number of aromatic nitrogens is 4. The molecule has 0 unspecified atom stereocenters. The number of carbonyl (C=O) groups is 1. The predicted octanol–water partition coefficient (Wildman–Crippen LogP) is 2.73. The number of nitrogens with one attached hydrogen (secondary N) is 2. The topological polar surface area (TPSA) is 75.6 Å². The Labute approximate surface area is 131 Å². The first-order valence-corrected chi connectivity index (χ1v) is 7.38. The Balaban J connectivity index is 2.08. The minimum Gasteiger partial charge on any atom is -0.345 e. The van der Waals surface area contributed by atoms with E-state index >= 15 is 0 Å². The lowest BCUT2D eigenvalue weighted by molar-refractivity contribution is 0.0944. The van der Waals surface area contributed by atoms with Crippen LogP contribution in [0.15, 0.2) is 15.3 Å². The minimum atomic E-state index is -0.297. The first-order valence-electron chi connectivity index (χ1n) is 5.42. The predicted molar refractivity (Wildman–Crippen MR) is 78.1 cm³/mol. The Morgan fingerprint density at radius 1 is 1.58 bits per heavy atom. The molecular weight excluding hydrogens is 401 g/mol. The van der Waals surface area contributed by atoms with Crippen molar-refractivity contribution in [2.45, 2.75) is 20.0 Å². The second kappa shape index (κ2) is 6.06. The van der Waals surface area contributed by atoms with Gasteiger partial charge < -0.3 is 5.32 Å². The molecule has 0 aliphatic carbocycles. The summed E-state index contributed by atoms with van der Waals surface area (Å²) < 4.78 is 2.94. The highest BCUT2D eigenvalue weighted by molar-refractivity contribution is 9.13. The molecular formula is C10H10Br2ClN5O. The van der Waals surface area contributed by atoms with E-state index in [1.54, 1.807) is 10.9 Å². The molecule has 1 amide bonds. The van der Waals surface area contributed by atoms with E-state index in [2.05, 4.69) is 52.5 Å². The quantitative estimate of drug-likeness (QED) is 0.812. The summed E-state index contributed by atoms with van der Waals surface area (Å²) in [5, 5.41) is 13.9.